The third-order valence-electron chi connectivity index (χ3n) is 2.68. The van der Waals surface area contributed by atoms with E-state index in [0.29, 0.717) is 13.1 Å². The van der Waals surface area contributed by atoms with Crippen LogP contribution in [0.2, 0.25) is 0 Å². The second-order valence-corrected chi connectivity index (χ2v) is 5.91. The summed E-state index contributed by atoms with van der Waals surface area (Å²) in [6.07, 6.45) is 1.85. The van der Waals surface area contributed by atoms with E-state index in [0.717, 1.165) is 5.69 Å². The lowest BCUT2D eigenvalue weighted by atomic mass is 10.1. The molecule has 0 aliphatic carbocycles. The number of nitrogens with one attached hydrogen (secondary N) is 1. The predicted octanol–water partition coefficient (Wildman–Crippen LogP) is -0.953. The first-order valence-electron chi connectivity index (χ1n) is 5.20. The number of amides is 1. The smallest absolute Gasteiger partial charge is 0.223 e. The van der Waals surface area contributed by atoms with Gasteiger partial charge >= 0.3 is 0 Å². The van der Waals surface area contributed by atoms with E-state index < -0.39 is 10.0 Å². The molecule has 1 fully saturated rings. The SMILES string of the molecule is NS(=O)(=O)CC1CC(=O)N(Cc2ccn[nH]2)C1. The van der Waals surface area contributed by atoms with Crippen molar-refractivity contribution in [1.82, 2.24) is 15.1 Å². The lowest BCUT2D eigenvalue weighted by Crippen LogP contribution is -2.27. The first-order chi connectivity index (χ1) is 7.94. The van der Waals surface area contributed by atoms with E-state index in [1.807, 2.05) is 0 Å². The van der Waals surface area contributed by atoms with E-state index >= 15 is 0 Å². The molecule has 0 spiro atoms. The summed E-state index contributed by atoms with van der Waals surface area (Å²) >= 11 is 0. The van der Waals surface area contributed by atoms with E-state index in [4.69, 9.17) is 5.14 Å². The number of nitrogens with zero attached hydrogens (tertiary/aromatic N) is 2. The molecule has 0 saturated carbocycles. The van der Waals surface area contributed by atoms with Gasteiger partial charge < -0.3 is 4.90 Å². The topological polar surface area (TPSA) is 109 Å². The van der Waals surface area contributed by atoms with Crippen LogP contribution < -0.4 is 5.14 Å². The average molecular weight is 258 g/mol. The zero-order valence-corrected chi connectivity index (χ0v) is 9.98. The molecule has 1 atom stereocenters. The summed E-state index contributed by atoms with van der Waals surface area (Å²) in [5, 5.41) is 11.5. The maximum atomic E-state index is 11.7. The minimum atomic E-state index is -3.52. The van der Waals surface area contributed by atoms with Crippen molar-refractivity contribution in [3.8, 4) is 0 Å². The number of H-pyrrole nitrogens is 1. The van der Waals surface area contributed by atoms with Gasteiger partial charge in [0.1, 0.15) is 0 Å². The molecular weight excluding hydrogens is 244 g/mol. The first-order valence-corrected chi connectivity index (χ1v) is 6.92. The van der Waals surface area contributed by atoms with Crippen molar-refractivity contribution in [2.45, 2.75) is 13.0 Å². The molecule has 1 aliphatic heterocycles. The molecule has 0 radical (unpaired) electrons. The molecule has 0 aromatic carbocycles. The third kappa shape index (κ3) is 3.27. The second-order valence-electron chi connectivity index (χ2n) is 4.26. The minimum Gasteiger partial charge on any atom is -0.336 e. The van der Waals surface area contributed by atoms with Crippen molar-refractivity contribution in [3.63, 3.8) is 0 Å². The molecule has 1 unspecified atom stereocenters. The molecule has 1 amide bonds. The van der Waals surface area contributed by atoms with E-state index in [9.17, 15) is 13.2 Å². The Morgan fingerprint density at radius 3 is 2.94 bits per heavy atom. The van der Waals surface area contributed by atoms with Gasteiger partial charge in [0.15, 0.2) is 0 Å². The summed E-state index contributed by atoms with van der Waals surface area (Å²) in [5.74, 6) is -0.397. The van der Waals surface area contributed by atoms with Crippen LogP contribution in [0.5, 0.6) is 0 Å². The van der Waals surface area contributed by atoms with Crippen LogP contribution in [0.4, 0.5) is 0 Å². The number of rotatable bonds is 4. The lowest BCUT2D eigenvalue weighted by molar-refractivity contribution is -0.128. The number of aromatic amines is 1. The van der Waals surface area contributed by atoms with Crippen molar-refractivity contribution in [3.05, 3.63) is 18.0 Å². The highest BCUT2D eigenvalue weighted by molar-refractivity contribution is 7.89. The largest absolute Gasteiger partial charge is 0.336 e. The Bertz CT molecular complexity index is 496. The van der Waals surface area contributed by atoms with E-state index in [1.165, 1.54) is 0 Å². The Balaban J connectivity index is 1.96. The minimum absolute atomic E-state index is 0.0479. The fraction of sp³-hybridized carbons (Fsp3) is 0.556. The standard InChI is InChI=1S/C9H14N4O3S/c10-17(15,16)6-7-3-9(14)13(4-7)5-8-1-2-11-12-8/h1-2,7H,3-6H2,(H,11,12)(H2,10,15,16). The van der Waals surface area contributed by atoms with Crippen molar-refractivity contribution in [1.29, 1.82) is 0 Å². The maximum absolute atomic E-state index is 11.7. The number of aromatic nitrogens is 2. The number of nitrogens with two attached hydrogens (primary N) is 1. The normalized spacial score (nSPS) is 21.1. The lowest BCUT2D eigenvalue weighted by Gasteiger charge is -2.15. The second kappa shape index (κ2) is 4.46. The molecule has 8 heteroatoms. The molecule has 1 aromatic rings. The van der Waals surface area contributed by atoms with Gasteiger partial charge in [0.25, 0.3) is 0 Å². The predicted molar refractivity (Wildman–Crippen MR) is 60.1 cm³/mol. The van der Waals surface area contributed by atoms with Crippen molar-refractivity contribution >= 4 is 15.9 Å². The Kier molecular flexibility index (Phi) is 3.16. The fourth-order valence-electron chi connectivity index (χ4n) is 2.03. The number of sulfonamides is 1. The van der Waals surface area contributed by atoms with Crippen LogP contribution in [-0.4, -0.2) is 41.7 Å². The van der Waals surface area contributed by atoms with Crippen LogP contribution >= 0.6 is 0 Å². The molecule has 1 aliphatic rings. The molecule has 94 valence electrons. The van der Waals surface area contributed by atoms with Gasteiger partial charge in [-0.05, 0) is 6.07 Å². The molecule has 3 N–H and O–H groups in total. The van der Waals surface area contributed by atoms with Crippen LogP contribution in [-0.2, 0) is 21.4 Å². The zero-order valence-electron chi connectivity index (χ0n) is 9.17. The van der Waals surface area contributed by atoms with Gasteiger partial charge in [-0.2, -0.15) is 5.10 Å². The maximum Gasteiger partial charge on any atom is 0.223 e. The highest BCUT2D eigenvalue weighted by atomic mass is 32.2. The van der Waals surface area contributed by atoms with Crippen LogP contribution in [0.3, 0.4) is 0 Å². The molecule has 0 bridgehead atoms. The van der Waals surface area contributed by atoms with Crippen LogP contribution in [0.1, 0.15) is 12.1 Å². The monoisotopic (exact) mass is 258 g/mol. The molecule has 2 heterocycles. The Morgan fingerprint density at radius 2 is 2.35 bits per heavy atom. The Labute approximate surface area is 99.0 Å². The summed E-state index contributed by atoms with van der Waals surface area (Å²) in [5.41, 5.74) is 0.828. The van der Waals surface area contributed by atoms with Crippen molar-refractivity contribution in [2.75, 3.05) is 12.3 Å². The van der Waals surface area contributed by atoms with Crippen LogP contribution in [0.25, 0.3) is 0 Å². The van der Waals surface area contributed by atoms with E-state index in [2.05, 4.69) is 10.2 Å². The molecule has 1 saturated heterocycles. The van der Waals surface area contributed by atoms with Gasteiger partial charge in [0, 0.05) is 25.1 Å². The Hall–Kier alpha value is -1.41. The summed E-state index contributed by atoms with van der Waals surface area (Å²) in [7, 11) is -3.52. The number of primary sulfonamides is 1. The molecule has 7 nitrogen and oxygen atoms in total. The number of carbonyl (C=O) groups is 1. The third-order valence-corrected chi connectivity index (χ3v) is 3.62. The molecular formula is C9H14N4O3S. The van der Waals surface area contributed by atoms with Gasteiger partial charge in [-0.1, -0.05) is 0 Å². The molecule has 17 heavy (non-hydrogen) atoms. The van der Waals surface area contributed by atoms with Crippen molar-refractivity contribution < 1.29 is 13.2 Å². The number of likely N-dealkylation sites (tertiary alicyclic amines) is 1. The van der Waals surface area contributed by atoms with Gasteiger partial charge in [0.2, 0.25) is 15.9 Å². The first kappa shape index (κ1) is 12.1. The summed E-state index contributed by atoms with van der Waals surface area (Å²) in [4.78, 5) is 13.3. The quantitative estimate of drug-likeness (QED) is 0.725. The van der Waals surface area contributed by atoms with E-state index in [-0.39, 0.29) is 24.0 Å². The summed E-state index contributed by atoms with van der Waals surface area (Å²) in [6.45, 7) is 0.855. The van der Waals surface area contributed by atoms with E-state index in [1.54, 1.807) is 17.2 Å². The summed E-state index contributed by atoms with van der Waals surface area (Å²) in [6, 6.07) is 1.78. The van der Waals surface area contributed by atoms with Crippen LogP contribution in [0, 0.1) is 5.92 Å². The average Bonchev–Trinajstić information content (AvgIpc) is 2.75. The Morgan fingerprint density at radius 1 is 1.59 bits per heavy atom. The highest BCUT2D eigenvalue weighted by Gasteiger charge is 2.31. The number of carbonyl (C=O) groups excluding carboxylic acids is 1. The highest BCUT2D eigenvalue weighted by Crippen LogP contribution is 2.20. The number of hydrogen-bond donors (Lipinski definition) is 2. The number of hydrogen-bond acceptors (Lipinski definition) is 4. The van der Waals surface area contributed by atoms with Crippen molar-refractivity contribution in [2.24, 2.45) is 11.1 Å². The van der Waals surface area contributed by atoms with Gasteiger partial charge in [-0.3, -0.25) is 9.89 Å². The van der Waals surface area contributed by atoms with Gasteiger partial charge in [-0.25, -0.2) is 13.6 Å². The fourth-order valence-corrected chi connectivity index (χ4v) is 2.91. The molecule has 2 rings (SSSR count). The summed E-state index contributed by atoms with van der Waals surface area (Å²) < 4.78 is 21.9. The van der Waals surface area contributed by atoms with Crippen LogP contribution in [0.15, 0.2) is 12.3 Å². The van der Waals surface area contributed by atoms with Gasteiger partial charge in [0.05, 0.1) is 18.0 Å². The van der Waals surface area contributed by atoms with Gasteiger partial charge in [-0.15, -0.1) is 0 Å². The molecule has 1 aromatic heterocycles. The zero-order chi connectivity index (χ0) is 12.5.